The first-order valence-corrected chi connectivity index (χ1v) is 11.1. The normalized spacial score (nSPS) is 15.4. The molecule has 2 aromatic carbocycles. The third-order valence-corrected chi connectivity index (χ3v) is 7.11. The predicted octanol–water partition coefficient (Wildman–Crippen LogP) is 3.85. The lowest BCUT2D eigenvalue weighted by atomic mass is 10.2. The number of hydrogen-bond acceptors (Lipinski definition) is 6. The van der Waals surface area contributed by atoms with Crippen molar-refractivity contribution in [2.75, 3.05) is 31.6 Å². The first-order chi connectivity index (χ1) is 13.9. The second kappa shape index (κ2) is 8.15. The van der Waals surface area contributed by atoms with Gasteiger partial charge in [0, 0.05) is 30.1 Å². The van der Waals surface area contributed by atoms with Crippen molar-refractivity contribution >= 4 is 32.2 Å². The Kier molecular flexibility index (Phi) is 5.59. The zero-order valence-electron chi connectivity index (χ0n) is 15.1. The van der Waals surface area contributed by atoms with E-state index in [0.717, 1.165) is 17.7 Å². The van der Waals surface area contributed by atoms with Crippen molar-refractivity contribution in [3.05, 3.63) is 59.5 Å². The molecule has 1 aliphatic rings. The molecule has 1 saturated heterocycles. The highest BCUT2D eigenvalue weighted by Crippen LogP contribution is 2.29. The van der Waals surface area contributed by atoms with Gasteiger partial charge in [0.25, 0.3) is 0 Å². The van der Waals surface area contributed by atoms with Crippen LogP contribution in [0.1, 0.15) is 0 Å². The van der Waals surface area contributed by atoms with E-state index >= 15 is 0 Å². The fraction of sp³-hybridized carbons (Fsp3) is 0.211. The van der Waals surface area contributed by atoms with Crippen molar-refractivity contribution in [1.82, 2.24) is 9.29 Å². The van der Waals surface area contributed by atoms with Crippen LogP contribution in [-0.4, -0.2) is 44.0 Å². The Hall–Kier alpha value is -2.40. The van der Waals surface area contributed by atoms with Crippen LogP contribution in [0.3, 0.4) is 0 Å². The number of sulfonamides is 1. The minimum atomic E-state index is -3.55. The molecule has 3 aromatic rings. The summed E-state index contributed by atoms with van der Waals surface area (Å²) in [5.41, 5.74) is 1.48. The molecule has 1 fully saturated rings. The molecule has 0 atom stereocenters. The quantitative estimate of drug-likeness (QED) is 0.657. The van der Waals surface area contributed by atoms with E-state index in [-0.39, 0.29) is 10.6 Å². The smallest absolute Gasteiger partial charge is 0.243 e. The number of thiazole rings is 1. The SMILES string of the molecule is O=S(=O)(c1ccc(-c2csc(Nc3ccc(F)cc3F)n2)cc1)N1CCOCC1. The Morgan fingerprint density at radius 3 is 2.48 bits per heavy atom. The van der Waals surface area contributed by atoms with E-state index in [2.05, 4.69) is 10.3 Å². The molecule has 0 aliphatic carbocycles. The minimum Gasteiger partial charge on any atom is -0.379 e. The van der Waals surface area contributed by atoms with Gasteiger partial charge in [-0.05, 0) is 24.3 Å². The van der Waals surface area contributed by atoms with Crippen LogP contribution < -0.4 is 5.32 Å². The molecular formula is C19H17F2N3O3S2. The van der Waals surface area contributed by atoms with Gasteiger partial charge in [0.15, 0.2) is 5.13 Å². The van der Waals surface area contributed by atoms with Gasteiger partial charge in [0.1, 0.15) is 11.6 Å². The summed E-state index contributed by atoms with van der Waals surface area (Å²) in [6, 6.07) is 9.72. The van der Waals surface area contributed by atoms with E-state index in [1.165, 1.54) is 21.7 Å². The molecule has 0 unspecified atom stereocenters. The summed E-state index contributed by atoms with van der Waals surface area (Å²) in [6.45, 7) is 1.46. The number of anilines is 2. The first-order valence-electron chi connectivity index (χ1n) is 8.79. The van der Waals surface area contributed by atoms with Crippen molar-refractivity contribution in [2.24, 2.45) is 0 Å². The summed E-state index contributed by atoms with van der Waals surface area (Å²) in [5.74, 6) is -1.36. The van der Waals surface area contributed by atoms with Gasteiger partial charge in [-0.25, -0.2) is 22.2 Å². The van der Waals surface area contributed by atoms with Crippen molar-refractivity contribution in [3.8, 4) is 11.3 Å². The highest BCUT2D eigenvalue weighted by Gasteiger charge is 2.26. The average molecular weight is 437 g/mol. The number of rotatable bonds is 5. The summed E-state index contributed by atoms with van der Waals surface area (Å²) in [7, 11) is -3.55. The number of hydrogen-bond donors (Lipinski definition) is 1. The molecule has 6 nitrogen and oxygen atoms in total. The molecule has 29 heavy (non-hydrogen) atoms. The van der Waals surface area contributed by atoms with Gasteiger partial charge >= 0.3 is 0 Å². The molecule has 2 heterocycles. The van der Waals surface area contributed by atoms with Crippen molar-refractivity contribution in [3.63, 3.8) is 0 Å². The fourth-order valence-corrected chi connectivity index (χ4v) is 5.04. The first kappa shape index (κ1) is 19.9. The second-order valence-corrected chi connectivity index (χ2v) is 9.12. The zero-order chi connectivity index (χ0) is 20.4. The molecule has 4 rings (SSSR count). The van der Waals surface area contributed by atoms with Gasteiger partial charge in [-0.1, -0.05) is 12.1 Å². The molecule has 0 amide bonds. The van der Waals surface area contributed by atoms with Crippen LogP contribution in [0.15, 0.2) is 52.7 Å². The summed E-state index contributed by atoms with van der Waals surface area (Å²) >= 11 is 1.26. The lowest BCUT2D eigenvalue weighted by Gasteiger charge is -2.26. The van der Waals surface area contributed by atoms with Crippen molar-refractivity contribution < 1.29 is 21.9 Å². The Bertz CT molecular complexity index is 1110. The number of benzene rings is 2. The molecule has 0 saturated carbocycles. The topological polar surface area (TPSA) is 71.5 Å². The Labute approximate surface area is 170 Å². The van der Waals surface area contributed by atoms with Crippen LogP contribution in [0.2, 0.25) is 0 Å². The third-order valence-electron chi connectivity index (χ3n) is 4.43. The Balaban J connectivity index is 1.51. The number of nitrogens with one attached hydrogen (secondary N) is 1. The lowest BCUT2D eigenvalue weighted by Crippen LogP contribution is -2.40. The van der Waals surface area contributed by atoms with Gasteiger partial charge in [-0.3, -0.25) is 0 Å². The Morgan fingerprint density at radius 1 is 1.07 bits per heavy atom. The van der Waals surface area contributed by atoms with E-state index in [1.807, 2.05) is 0 Å². The number of nitrogens with zero attached hydrogens (tertiary/aromatic N) is 2. The predicted molar refractivity (Wildman–Crippen MR) is 107 cm³/mol. The summed E-state index contributed by atoms with van der Waals surface area (Å²) in [4.78, 5) is 4.60. The number of ether oxygens (including phenoxy) is 1. The Morgan fingerprint density at radius 2 is 1.79 bits per heavy atom. The van der Waals surface area contributed by atoms with Gasteiger partial charge < -0.3 is 10.1 Å². The highest BCUT2D eigenvalue weighted by molar-refractivity contribution is 7.89. The zero-order valence-corrected chi connectivity index (χ0v) is 16.8. The van der Waals surface area contributed by atoms with Crippen LogP contribution >= 0.6 is 11.3 Å². The molecule has 1 N–H and O–H groups in total. The highest BCUT2D eigenvalue weighted by atomic mass is 32.2. The van der Waals surface area contributed by atoms with Crippen molar-refractivity contribution in [1.29, 1.82) is 0 Å². The van der Waals surface area contributed by atoms with E-state index in [0.29, 0.717) is 37.1 Å². The molecule has 0 radical (unpaired) electrons. The van der Waals surface area contributed by atoms with Crippen LogP contribution in [0.25, 0.3) is 11.3 Å². The monoisotopic (exact) mass is 437 g/mol. The van der Waals surface area contributed by atoms with Gasteiger partial charge in [-0.2, -0.15) is 4.31 Å². The molecular weight excluding hydrogens is 420 g/mol. The summed E-state index contributed by atoms with van der Waals surface area (Å²) < 4.78 is 58.8. The number of aromatic nitrogens is 1. The standard InChI is InChI=1S/C19H17F2N3O3S2/c20-14-3-6-17(16(21)11-14)22-19-23-18(12-28-19)13-1-4-15(5-2-13)29(25,26)24-7-9-27-10-8-24/h1-6,11-12H,7-10H2,(H,22,23). The maximum Gasteiger partial charge on any atom is 0.243 e. The lowest BCUT2D eigenvalue weighted by molar-refractivity contribution is 0.0730. The van der Waals surface area contributed by atoms with Gasteiger partial charge in [0.05, 0.1) is 29.5 Å². The van der Waals surface area contributed by atoms with Crippen LogP contribution in [0, 0.1) is 11.6 Å². The van der Waals surface area contributed by atoms with Gasteiger partial charge in [0.2, 0.25) is 10.0 Å². The molecule has 10 heteroatoms. The van der Waals surface area contributed by atoms with E-state index in [1.54, 1.807) is 29.6 Å². The number of morpholine rings is 1. The van der Waals surface area contributed by atoms with E-state index in [4.69, 9.17) is 4.74 Å². The van der Waals surface area contributed by atoms with Crippen LogP contribution in [0.5, 0.6) is 0 Å². The van der Waals surface area contributed by atoms with E-state index in [9.17, 15) is 17.2 Å². The summed E-state index contributed by atoms with van der Waals surface area (Å²) in [6.07, 6.45) is 0. The molecule has 0 spiro atoms. The molecule has 1 aliphatic heterocycles. The fourth-order valence-electron chi connectivity index (χ4n) is 2.90. The van der Waals surface area contributed by atoms with Gasteiger partial charge in [-0.15, -0.1) is 11.3 Å². The van der Waals surface area contributed by atoms with Crippen molar-refractivity contribution in [2.45, 2.75) is 4.90 Å². The van der Waals surface area contributed by atoms with Crippen LogP contribution in [-0.2, 0) is 14.8 Å². The minimum absolute atomic E-state index is 0.124. The summed E-state index contributed by atoms with van der Waals surface area (Å²) in [5, 5.41) is 5.03. The molecule has 152 valence electrons. The maximum absolute atomic E-state index is 13.8. The molecule has 1 aromatic heterocycles. The number of halogens is 2. The maximum atomic E-state index is 13.8. The van der Waals surface area contributed by atoms with E-state index < -0.39 is 21.7 Å². The molecule has 0 bridgehead atoms. The van der Waals surface area contributed by atoms with Crippen LogP contribution in [0.4, 0.5) is 19.6 Å². The largest absolute Gasteiger partial charge is 0.379 e. The second-order valence-electron chi connectivity index (χ2n) is 6.33. The third kappa shape index (κ3) is 4.30. The average Bonchev–Trinajstić information content (AvgIpc) is 3.19.